The maximum atomic E-state index is 12.3. The van der Waals surface area contributed by atoms with Crippen molar-refractivity contribution in [1.29, 1.82) is 0 Å². The summed E-state index contributed by atoms with van der Waals surface area (Å²) in [5.74, 6) is 0.372. The number of aryl methyl sites for hydroxylation is 1. The zero-order chi connectivity index (χ0) is 20.2. The molecule has 29 heavy (non-hydrogen) atoms. The third kappa shape index (κ3) is 4.33. The van der Waals surface area contributed by atoms with Gasteiger partial charge in [0.1, 0.15) is 17.4 Å². The van der Waals surface area contributed by atoms with E-state index in [1.165, 1.54) is 21.9 Å². The Morgan fingerprint density at radius 3 is 2.76 bits per heavy atom. The van der Waals surface area contributed by atoms with Gasteiger partial charge in [0.25, 0.3) is 11.5 Å². The highest BCUT2D eigenvalue weighted by atomic mass is 32.1. The number of ether oxygens (including phenoxy) is 1. The van der Waals surface area contributed by atoms with E-state index in [2.05, 4.69) is 15.4 Å². The van der Waals surface area contributed by atoms with Crippen molar-refractivity contribution in [3.05, 3.63) is 87.3 Å². The lowest BCUT2D eigenvalue weighted by atomic mass is 10.2. The number of rotatable bonds is 6. The molecule has 0 saturated heterocycles. The minimum absolute atomic E-state index is 0.140. The van der Waals surface area contributed by atoms with Crippen molar-refractivity contribution in [3.63, 3.8) is 0 Å². The molecule has 2 aromatic heterocycles. The number of hydrogen-bond acceptors (Lipinski definition) is 6. The predicted molar refractivity (Wildman–Crippen MR) is 112 cm³/mol. The van der Waals surface area contributed by atoms with E-state index in [0.717, 1.165) is 11.4 Å². The van der Waals surface area contributed by atoms with Crippen molar-refractivity contribution in [3.8, 4) is 5.75 Å². The van der Waals surface area contributed by atoms with E-state index in [4.69, 9.17) is 4.74 Å². The van der Waals surface area contributed by atoms with Gasteiger partial charge in [-0.2, -0.15) is 9.61 Å². The fourth-order valence-electron chi connectivity index (χ4n) is 2.73. The molecule has 0 saturated carbocycles. The van der Waals surface area contributed by atoms with Gasteiger partial charge in [-0.05, 0) is 30.7 Å². The topological polar surface area (TPSA) is 85.6 Å². The van der Waals surface area contributed by atoms with Crippen molar-refractivity contribution in [1.82, 2.24) is 14.6 Å². The molecule has 1 N–H and O–H groups in total. The van der Waals surface area contributed by atoms with Crippen LogP contribution >= 0.6 is 11.3 Å². The van der Waals surface area contributed by atoms with Crippen LogP contribution < -0.4 is 15.6 Å². The lowest BCUT2D eigenvalue weighted by molar-refractivity contribution is 0.102. The number of carbonyl (C=O) groups excluding carboxylic acids is 1. The first kappa shape index (κ1) is 18.8. The van der Waals surface area contributed by atoms with Crippen LogP contribution in [0.25, 0.3) is 4.96 Å². The first-order chi connectivity index (χ1) is 14.1. The molecular weight excluding hydrogens is 388 g/mol. The predicted octanol–water partition coefficient (Wildman–Crippen LogP) is 3.54. The summed E-state index contributed by atoms with van der Waals surface area (Å²) in [5, 5.41) is 7.93. The number of anilines is 1. The molecule has 1 amide bonds. The van der Waals surface area contributed by atoms with Crippen LogP contribution in [0.5, 0.6) is 5.75 Å². The van der Waals surface area contributed by atoms with Gasteiger partial charge in [0.05, 0.1) is 5.69 Å². The highest BCUT2D eigenvalue weighted by molar-refractivity contribution is 7.16. The van der Waals surface area contributed by atoms with Gasteiger partial charge in [-0.15, -0.1) is 0 Å². The molecule has 0 aliphatic rings. The zero-order valence-corrected chi connectivity index (χ0v) is 16.5. The Labute approximate surface area is 170 Å². The third-order valence-corrected chi connectivity index (χ3v) is 5.21. The molecule has 0 aliphatic carbocycles. The zero-order valence-electron chi connectivity index (χ0n) is 15.7. The fourth-order valence-corrected chi connectivity index (χ4v) is 3.58. The van der Waals surface area contributed by atoms with E-state index >= 15 is 0 Å². The number of nitrogens with one attached hydrogen (secondary N) is 1. The van der Waals surface area contributed by atoms with Gasteiger partial charge >= 0.3 is 0 Å². The first-order valence-corrected chi connectivity index (χ1v) is 9.92. The van der Waals surface area contributed by atoms with Crippen LogP contribution in [0.1, 0.15) is 28.0 Å². The molecule has 8 heteroatoms. The Hall–Kier alpha value is -3.52. The number of hydrogen-bond donors (Lipinski definition) is 1. The first-order valence-electron chi connectivity index (χ1n) is 9.10. The number of benzene rings is 2. The summed E-state index contributed by atoms with van der Waals surface area (Å²) >= 11 is 1.39. The van der Waals surface area contributed by atoms with Crippen molar-refractivity contribution in [2.45, 2.75) is 20.0 Å². The lowest BCUT2D eigenvalue weighted by Gasteiger charge is -2.09. The van der Waals surface area contributed by atoms with Crippen molar-refractivity contribution in [2.24, 2.45) is 0 Å². The highest BCUT2D eigenvalue weighted by Gasteiger charge is 2.09. The standard InChI is InChI=1S/C21H18N4O3S/c1-2-18-24-25-19(26)12-16(23-21(25)29-18)13-28-17-10-6-9-15(11-17)22-20(27)14-7-4-3-5-8-14/h3-12H,2,13H2,1H3,(H,22,27). The van der Waals surface area contributed by atoms with Crippen molar-refractivity contribution >= 4 is 27.9 Å². The third-order valence-electron chi connectivity index (χ3n) is 4.16. The minimum Gasteiger partial charge on any atom is -0.487 e. The molecule has 146 valence electrons. The number of fused-ring (bicyclic) bond motifs is 1. The van der Waals surface area contributed by atoms with Gasteiger partial charge in [-0.3, -0.25) is 9.59 Å². The molecule has 4 aromatic rings. The normalized spacial score (nSPS) is 10.8. The second-order valence-electron chi connectivity index (χ2n) is 6.27. The van der Waals surface area contributed by atoms with Crippen LogP contribution in [0.15, 0.2) is 65.5 Å². The molecule has 2 aromatic carbocycles. The van der Waals surface area contributed by atoms with Gasteiger partial charge in [-0.25, -0.2) is 4.98 Å². The van der Waals surface area contributed by atoms with E-state index in [1.54, 1.807) is 36.4 Å². The lowest BCUT2D eigenvalue weighted by Crippen LogP contribution is -2.16. The van der Waals surface area contributed by atoms with E-state index < -0.39 is 0 Å². The minimum atomic E-state index is -0.228. The number of carbonyl (C=O) groups is 1. The molecule has 0 fully saturated rings. The Morgan fingerprint density at radius 1 is 1.14 bits per heavy atom. The Kier molecular flexibility index (Phi) is 5.35. The second-order valence-corrected chi connectivity index (χ2v) is 7.31. The molecular formula is C21H18N4O3S. The molecule has 0 unspecified atom stereocenters. The van der Waals surface area contributed by atoms with E-state index in [1.807, 2.05) is 25.1 Å². The molecule has 2 heterocycles. The summed E-state index contributed by atoms with van der Waals surface area (Å²) in [7, 11) is 0. The van der Waals surface area contributed by atoms with Crippen LogP contribution in [0.3, 0.4) is 0 Å². The molecule has 0 bridgehead atoms. The van der Waals surface area contributed by atoms with Crippen LogP contribution in [0.2, 0.25) is 0 Å². The highest BCUT2D eigenvalue weighted by Crippen LogP contribution is 2.19. The number of amides is 1. The summed E-state index contributed by atoms with van der Waals surface area (Å²) in [5.41, 5.74) is 1.50. The van der Waals surface area contributed by atoms with Gasteiger partial charge in [0.2, 0.25) is 4.96 Å². The number of aromatic nitrogens is 3. The van der Waals surface area contributed by atoms with E-state index in [9.17, 15) is 9.59 Å². The maximum Gasteiger partial charge on any atom is 0.275 e. The number of nitrogens with zero attached hydrogens (tertiary/aromatic N) is 3. The Balaban J connectivity index is 1.46. The maximum absolute atomic E-state index is 12.3. The average Bonchev–Trinajstić information content (AvgIpc) is 3.17. The van der Waals surface area contributed by atoms with Gasteiger partial charge in [0.15, 0.2) is 0 Å². The fraction of sp³-hybridized carbons (Fsp3) is 0.143. The monoisotopic (exact) mass is 406 g/mol. The summed E-state index contributed by atoms with van der Waals surface area (Å²) in [4.78, 5) is 29.5. The molecule has 4 rings (SSSR count). The summed E-state index contributed by atoms with van der Waals surface area (Å²) in [6, 6.07) is 17.5. The van der Waals surface area contributed by atoms with Crippen molar-refractivity contribution < 1.29 is 9.53 Å². The molecule has 7 nitrogen and oxygen atoms in total. The average molecular weight is 406 g/mol. The second kappa shape index (κ2) is 8.24. The van der Waals surface area contributed by atoms with Gasteiger partial charge in [0, 0.05) is 23.4 Å². The largest absolute Gasteiger partial charge is 0.487 e. The van der Waals surface area contributed by atoms with Crippen molar-refractivity contribution in [2.75, 3.05) is 5.32 Å². The summed E-state index contributed by atoms with van der Waals surface area (Å²) in [6.45, 7) is 2.12. The van der Waals surface area contributed by atoms with Gasteiger partial charge < -0.3 is 10.1 Å². The van der Waals surface area contributed by atoms with Crippen LogP contribution in [0.4, 0.5) is 5.69 Å². The molecule has 0 atom stereocenters. The molecule has 0 aliphatic heterocycles. The van der Waals surface area contributed by atoms with Crippen LogP contribution in [-0.2, 0) is 13.0 Å². The summed E-state index contributed by atoms with van der Waals surface area (Å²) in [6.07, 6.45) is 0.751. The SMILES string of the molecule is CCc1nn2c(=O)cc(COc3cccc(NC(=O)c4ccccc4)c3)nc2s1. The van der Waals surface area contributed by atoms with E-state index in [0.29, 0.717) is 27.7 Å². The Morgan fingerprint density at radius 2 is 1.97 bits per heavy atom. The smallest absolute Gasteiger partial charge is 0.275 e. The summed E-state index contributed by atoms with van der Waals surface area (Å²) < 4.78 is 7.09. The van der Waals surface area contributed by atoms with E-state index in [-0.39, 0.29) is 18.1 Å². The Bertz CT molecular complexity index is 1220. The molecule has 0 spiro atoms. The quantitative estimate of drug-likeness (QED) is 0.529. The van der Waals surface area contributed by atoms with Crippen LogP contribution in [0, 0.1) is 0 Å². The van der Waals surface area contributed by atoms with Gasteiger partial charge in [-0.1, -0.05) is 42.5 Å². The molecule has 0 radical (unpaired) electrons. The van der Waals surface area contributed by atoms with Crippen LogP contribution in [-0.4, -0.2) is 20.5 Å².